The largest absolute Gasteiger partial charge is 0.493 e. The van der Waals surface area contributed by atoms with E-state index in [-0.39, 0.29) is 29.9 Å². The van der Waals surface area contributed by atoms with Gasteiger partial charge in [-0.25, -0.2) is 18.8 Å². The van der Waals surface area contributed by atoms with Crippen LogP contribution in [0.2, 0.25) is 0 Å². The Kier molecular flexibility index (Phi) is 15.1. The smallest absolute Gasteiger partial charge is 0.414 e. The fraction of sp³-hybridized carbons (Fsp3) is 0.556. The number of rotatable bonds is 14. The van der Waals surface area contributed by atoms with Crippen molar-refractivity contribution >= 4 is 23.9 Å². The number of carboxylic acids is 2. The molecule has 0 aromatic heterocycles. The van der Waals surface area contributed by atoms with Gasteiger partial charge in [-0.2, -0.15) is 0 Å². The molecule has 2 heterocycles. The number of likely N-dealkylation sites (tertiary alicyclic amines) is 1. The lowest BCUT2D eigenvalue weighted by molar-refractivity contribution is -0.159. The Hall–Kier alpha value is -4.19. The third-order valence-corrected chi connectivity index (χ3v) is 8.57. The van der Waals surface area contributed by atoms with Crippen LogP contribution in [0.1, 0.15) is 58.1 Å². The van der Waals surface area contributed by atoms with Crippen LogP contribution in [0.4, 0.5) is 9.18 Å². The minimum atomic E-state index is -1.82. The Morgan fingerprint density at radius 3 is 2.10 bits per heavy atom. The minimum absolute atomic E-state index is 0.124. The number of nitrogens with zero attached hydrogens (tertiary/aromatic N) is 3. The van der Waals surface area contributed by atoms with Gasteiger partial charge in [-0.1, -0.05) is 52.0 Å². The Morgan fingerprint density at radius 1 is 0.938 bits per heavy atom. The Labute approximate surface area is 282 Å². The molecule has 2 aromatic rings. The van der Waals surface area contributed by atoms with Crippen molar-refractivity contribution in [1.82, 2.24) is 14.7 Å². The zero-order valence-electron chi connectivity index (χ0n) is 28.5. The summed E-state index contributed by atoms with van der Waals surface area (Å²) < 4.78 is 24.5. The zero-order valence-corrected chi connectivity index (χ0v) is 28.5. The lowest BCUT2D eigenvalue weighted by Gasteiger charge is -2.39. The first-order valence-electron chi connectivity index (χ1n) is 16.7. The summed E-state index contributed by atoms with van der Waals surface area (Å²) in [6.45, 7) is 13.7. The third kappa shape index (κ3) is 12.4. The van der Waals surface area contributed by atoms with Gasteiger partial charge in [0.05, 0.1) is 19.1 Å². The predicted molar refractivity (Wildman–Crippen MR) is 178 cm³/mol. The Morgan fingerprint density at radius 2 is 1.54 bits per heavy atom. The molecule has 2 saturated heterocycles. The van der Waals surface area contributed by atoms with Crippen LogP contribution < -0.4 is 4.74 Å². The molecular weight excluding hydrogens is 621 g/mol. The van der Waals surface area contributed by atoms with Crippen LogP contribution in [0.3, 0.4) is 0 Å². The first-order valence-corrected chi connectivity index (χ1v) is 16.7. The molecule has 0 saturated carbocycles. The number of cyclic esters (lactones) is 1. The Balaban J connectivity index is 0.000000952. The molecule has 4 rings (SSSR count). The number of hydrogen-bond donors (Lipinski definition) is 2. The lowest BCUT2D eigenvalue weighted by atomic mass is 10.00. The molecule has 2 fully saturated rings. The van der Waals surface area contributed by atoms with Gasteiger partial charge in [-0.15, -0.1) is 0 Å². The number of carbonyl (C=O) groups excluding carboxylic acids is 2. The summed E-state index contributed by atoms with van der Waals surface area (Å²) in [5.41, 5.74) is 2.00. The van der Waals surface area contributed by atoms with Crippen molar-refractivity contribution in [1.29, 1.82) is 0 Å². The molecule has 2 aliphatic heterocycles. The minimum Gasteiger partial charge on any atom is -0.493 e. The van der Waals surface area contributed by atoms with E-state index in [1.54, 1.807) is 12.1 Å². The van der Waals surface area contributed by atoms with E-state index in [2.05, 4.69) is 37.5 Å². The van der Waals surface area contributed by atoms with Crippen molar-refractivity contribution < 1.29 is 43.3 Å². The summed E-state index contributed by atoms with van der Waals surface area (Å²) in [5.74, 6) is -2.12. The van der Waals surface area contributed by atoms with Crippen LogP contribution in [0.25, 0.3) is 0 Å². The topological polar surface area (TPSA) is 137 Å². The van der Waals surface area contributed by atoms with Gasteiger partial charge < -0.3 is 34.4 Å². The van der Waals surface area contributed by atoms with Crippen LogP contribution in [0, 0.1) is 17.7 Å². The number of piperidine rings is 1. The number of amides is 2. The number of hydrogen-bond acceptors (Lipinski definition) is 7. The molecule has 0 radical (unpaired) electrons. The van der Waals surface area contributed by atoms with Crippen molar-refractivity contribution in [3.63, 3.8) is 0 Å². The number of carbonyl (C=O) groups is 4. The summed E-state index contributed by atoms with van der Waals surface area (Å²) in [7, 11) is 0. The Bertz CT molecular complexity index is 1320. The van der Waals surface area contributed by atoms with E-state index in [9.17, 15) is 14.0 Å². The van der Waals surface area contributed by atoms with E-state index >= 15 is 0 Å². The molecule has 0 bridgehead atoms. The van der Waals surface area contributed by atoms with E-state index in [1.165, 1.54) is 12.1 Å². The molecular formula is C36H50FN3O8. The average molecular weight is 672 g/mol. The molecule has 1 atom stereocenters. The van der Waals surface area contributed by atoms with Crippen molar-refractivity contribution in [2.45, 2.75) is 71.9 Å². The molecule has 48 heavy (non-hydrogen) atoms. The number of carboxylic acid groups (broad SMARTS) is 2. The highest BCUT2D eigenvalue weighted by molar-refractivity contribution is 6.27. The van der Waals surface area contributed by atoms with Gasteiger partial charge in [0.1, 0.15) is 18.2 Å². The normalized spacial score (nSPS) is 16.8. The quantitative estimate of drug-likeness (QED) is 0.267. The van der Waals surface area contributed by atoms with Gasteiger partial charge in [0, 0.05) is 32.2 Å². The summed E-state index contributed by atoms with van der Waals surface area (Å²) in [5, 5.41) is 14.8. The summed E-state index contributed by atoms with van der Waals surface area (Å²) >= 11 is 0. The first-order chi connectivity index (χ1) is 22.8. The maximum absolute atomic E-state index is 13.7. The molecule has 12 heteroatoms. The molecule has 11 nitrogen and oxygen atoms in total. The van der Waals surface area contributed by atoms with Gasteiger partial charge in [0.2, 0.25) is 5.91 Å². The third-order valence-electron chi connectivity index (χ3n) is 8.57. The highest BCUT2D eigenvalue weighted by Crippen LogP contribution is 2.22. The van der Waals surface area contributed by atoms with Crippen LogP contribution in [-0.2, 0) is 32.0 Å². The number of benzene rings is 2. The number of ether oxygens (including phenoxy) is 2. The molecule has 0 aliphatic carbocycles. The van der Waals surface area contributed by atoms with E-state index in [1.807, 2.05) is 29.2 Å². The molecule has 0 spiro atoms. The van der Waals surface area contributed by atoms with Gasteiger partial charge in [0.25, 0.3) is 0 Å². The molecule has 2 N–H and O–H groups in total. The van der Waals surface area contributed by atoms with Gasteiger partial charge >= 0.3 is 18.0 Å². The molecule has 2 aliphatic rings. The maximum Gasteiger partial charge on any atom is 0.414 e. The number of halogens is 1. The second kappa shape index (κ2) is 19.0. The van der Waals surface area contributed by atoms with Gasteiger partial charge in [-0.05, 0) is 79.5 Å². The highest BCUT2D eigenvalue weighted by Gasteiger charge is 2.34. The molecule has 0 unspecified atom stereocenters. The van der Waals surface area contributed by atoms with Crippen LogP contribution in [-0.4, -0.2) is 107 Å². The number of aliphatic carboxylic acids is 2. The van der Waals surface area contributed by atoms with Crippen molar-refractivity contribution in [3.8, 4) is 5.75 Å². The fourth-order valence-electron chi connectivity index (χ4n) is 5.85. The highest BCUT2D eigenvalue weighted by atomic mass is 19.1. The summed E-state index contributed by atoms with van der Waals surface area (Å²) in [6, 6.07) is 14.7. The van der Waals surface area contributed by atoms with Gasteiger partial charge in [-0.3, -0.25) is 4.79 Å². The van der Waals surface area contributed by atoms with Crippen molar-refractivity contribution in [3.05, 3.63) is 65.5 Å². The summed E-state index contributed by atoms with van der Waals surface area (Å²) in [4.78, 5) is 50.4. The monoisotopic (exact) mass is 671 g/mol. The van der Waals surface area contributed by atoms with Gasteiger partial charge in [0.15, 0.2) is 0 Å². The lowest BCUT2D eigenvalue weighted by Crippen LogP contribution is -2.49. The standard InChI is InChI=1S/C34H48FN3O4.C2H2O4/c1-25(2)23-41-31-12-8-28(9-13-31)22-33(39)37(21-14-27-6-10-29(35)11-7-27)30-15-19-36(20-16-30)17-5-18-38-32(26(3)4)24-42-34(38)40;3-1(4)2(5)6/h6-13,25-26,30,32H,5,14-24H2,1-4H3;(H,3,4)(H,5,6)/t32-;/m1./s1. The SMILES string of the molecule is CC(C)COc1ccc(CC(=O)N(CCc2ccc(F)cc2)C2CCN(CCCN3C(=O)OC[C@@H]3C(C)C)CC2)cc1.O=C(O)C(=O)O. The predicted octanol–water partition coefficient (Wildman–Crippen LogP) is 4.96. The van der Waals surface area contributed by atoms with Crippen LogP contribution >= 0.6 is 0 Å². The van der Waals surface area contributed by atoms with Crippen molar-refractivity contribution in [2.24, 2.45) is 11.8 Å². The zero-order chi connectivity index (χ0) is 35.2. The fourth-order valence-corrected chi connectivity index (χ4v) is 5.85. The molecule has 264 valence electrons. The second-order valence-corrected chi connectivity index (χ2v) is 13.1. The van der Waals surface area contributed by atoms with E-state index in [0.717, 1.165) is 55.8 Å². The van der Waals surface area contributed by atoms with E-state index in [4.69, 9.17) is 29.3 Å². The van der Waals surface area contributed by atoms with Crippen molar-refractivity contribution in [2.75, 3.05) is 45.9 Å². The maximum atomic E-state index is 13.7. The molecule has 2 aromatic carbocycles. The van der Waals surface area contributed by atoms with E-state index < -0.39 is 11.9 Å². The molecule has 2 amide bonds. The first kappa shape index (κ1) is 38.3. The average Bonchev–Trinajstić information content (AvgIpc) is 3.42. The van der Waals surface area contributed by atoms with E-state index in [0.29, 0.717) is 51.0 Å². The summed E-state index contributed by atoms with van der Waals surface area (Å²) in [6.07, 6.45) is 3.58. The van der Waals surface area contributed by atoms with Crippen LogP contribution in [0.15, 0.2) is 48.5 Å². The van der Waals surface area contributed by atoms with Crippen LogP contribution in [0.5, 0.6) is 5.75 Å². The second-order valence-electron chi connectivity index (χ2n) is 13.1.